The van der Waals surface area contributed by atoms with E-state index in [2.05, 4.69) is 21.4 Å². The van der Waals surface area contributed by atoms with Gasteiger partial charge in [-0.3, -0.25) is 14.4 Å². The fourth-order valence-electron chi connectivity index (χ4n) is 3.74. The third-order valence-electron chi connectivity index (χ3n) is 4.87. The summed E-state index contributed by atoms with van der Waals surface area (Å²) in [6.45, 7) is 1.29. The number of aryl methyl sites for hydroxylation is 1. The number of hydrogen-bond donors (Lipinski definition) is 1. The molecule has 2 heterocycles. The van der Waals surface area contributed by atoms with Gasteiger partial charge in [0.1, 0.15) is 5.54 Å². The standard InChI is InChI=1S/C16H23N5O/c1-20-10-13(9-18-20)14-5-4-8-21(14)11-15(22)19-16(12-17)6-2-3-7-16/h9-10,14H,2-8,11H2,1H3,(H,19,22). The van der Waals surface area contributed by atoms with E-state index in [1.54, 1.807) is 4.68 Å². The van der Waals surface area contributed by atoms with Gasteiger partial charge in [0.25, 0.3) is 0 Å². The molecule has 1 aliphatic carbocycles. The van der Waals surface area contributed by atoms with E-state index in [1.165, 1.54) is 5.56 Å². The topological polar surface area (TPSA) is 74.0 Å². The van der Waals surface area contributed by atoms with Gasteiger partial charge in [-0.15, -0.1) is 0 Å². The maximum absolute atomic E-state index is 12.4. The highest BCUT2D eigenvalue weighted by Crippen LogP contribution is 2.32. The van der Waals surface area contributed by atoms with Crippen molar-refractivity contribution < 1.29 is 4.79 Å². The molecular weight excluding hydrogens is 278 g/mol. The lowest BCUT2D eigenvalue weighted by atomic mass is 10.00. The first kappa shape index (κ1) is 15.0. The maximum Gasteiger partial charge on any atom is 0.235 e. The Morgan fingerprint density at radius 1 is 1.50 bits per heavy atom. The molecule has 118 valence electrons. The molecule has 2 fully saturated rings. The molecule has 1 amide bonds. The number of amides is 1. The molecule has 0 spiro atoms. The molecule has 3 rings (SSSR count). The molecule has 22 heavy (non-hydrogen) atoms. The minimum Gasteiger partial charge on any atom is -0.337 e. The Morgan fingerprint density at radius 2 is 2.27 bits per heavy atom. The van der Waals surface area contributed by atoms with Crippen LogP contribution < -0.4 is 5.32 Å². The summed E-state index contributed by atoms with van der Waals surface area (Å²) in [5, 5.41) is 16.6. The zero-order valence-electron chi connectivity index (χ0n) is 13.1. The molecule has 1 N–H and O–H groups in total. The first-order chi connectivity index (χ1) is 10.6. The Morgan fingerprint density at radius 3 is 2.91 bits per heavy atom. The van der Waals surface area contributed by atoms with E-state index < -0.39 is 5.54 Å². The average molecular weight is 301 g/mol. The summed E-state index contributed by atoms with van der Waals surface area (Å²) in [6, 6.07) is 2.58. The van der Waals surface area contributed by atoms with Gasteiger partial charge in [0.15, 0.2) is 0 Å². The molecule has 1 saturated carbocycles. The van der Waals surface area contributed by atoms with Crippen LogP contribution in [0, 0.1) is 11.3 Å². The lowest BCUT2D eigenvalue weighted by molar-refractivity contribution is -0.123. The van der Waals surface area contributed by atoms with Crippen LogP contribution >= 0.6 is 0 Å². The van der Waals surface area contributed by atoms with Crippen molar-refractivity contribution >= 4 is 5.91 Å². The molecular formula is C16H23N5O. The zero-order chi connectivity index (χ0) is 15.6. The number of aromatic nitrogens is 2. The predicted octanol–water partition coefficient (Wildman–Crippen LogP) is 1.51. The van der Waals surface area contributed by atoms with Crippen LogP contribution in [0.5, 0.6) is 0 Å². The van der Waals surface area contributed by atoms with Crippen molar-refractivity contribution in [2.24, 2.45) is 7.05 Å². The molecule has 0 aromatic carbocycles. The normalized spacial score (nSPS) is 24.3. The molecule has 1 aliphatic heterocycles. The Kier molecular flexibility index (Phi) is 4.16. The van der Waals surface area contributed by atoms with E-state index >= 15 is 0 Å². The van der Waals surface area contributed by atoms with Gasteiger partial charge >= 0.3 is 0 Å². The van der Waals surface area contributed by atoms with Crippen LogP contribution in [-0.2, 0) is 11.8 Å². The molecule has 1 unspecified atom stereocenters. The largest absolute Gasteiger partial charge is 0.337 e. The van der Waals surface area contributed by atoms with Gasteiger partial charge in [-0.2, -0.15) is 10.4 Å². The Hall–Kier alpha value is -1.87. The average Bonchev–Trinajstić information content (AvgIpc) is 3.20. The monoisotopic (exact) mass is 301 g/mol. The van der Waals surface area contributed by atoms with Crippen molar-refractivity contribution in [3.05, 3.63) is 18.0 Å². The second kappa shape index (κ2) is 6.09. The third kappa shape index (κ3) is 3.00. The van der Waals surface area contributed by atoms with Gasteiger partial charge in [0.05, 0.1) is 18.8 Å². The van der Waals surface area contributed by atoms with Crippen LogP contribution in [0.1, 0.15) is 50.1 Å². The van der Waals surface area contributed by atoms with Crippen LogP contribution in [0.25, 0.3) is 0 Å². The lowest BCUT2D eigenvalue weighted by Crippen LogP contribution is -2.48. The van der Waals surface area contributed by atoms with Crippen molar-refractivity contribution in [1.82, 2.24) is 20.0 Å². The minimum absolute atomic E-state index is 0.0285. The number of carbonyl (C=O) groups is 1. The SMILES string of the molecule is Cn1cc(C2CCCN2CC(=O)NC2(C#N)CCCC2)cn1. The number of likely N-dealkylation sites (tertiary alicyclic amines) is 1. The molecule has 1 saturated heterocycles. The second-order valence-electron chi connectivity index (χ2n) is 6.53. The smallest absolute Gasteiger partial charge is 0.235 e. The van der Waals surface area contributed by atoms with Gasteiger partial charge < -0.3 is 5.32 Å². The van der Waals surface area contributed by atoms with Crippen molar-refractivity contribution in [1.29, 1.82) is 5.26 Å². The third-order valence-corrected chi connectivity index (χ3v) is 4.87. The van der Waals surface area contributed by atoms with E-state index in [0.717, 1.165) is 45.1 Å². The molecule has 0 radical (unpaired) electrons. The molecule has 0 bridgehead atoms. The van der Waals surface area contributed by atoms with Crippen LogP contribution in [0.3, 0.4) is 0 Å². The van der Waals surface area contributed by atoms with E-state index in [4.69, 9.17) is 0 Å². The van der Waals surface area contributed by atoms with Crippen molar-refractivity contribution in [2.75, 3.05) is 13.1 Å². The summed E-state index contributed by atoms with van der Waals surface area (Å²) < 4.78 is 1.80. The summed E-state index contributed by atoms with van der Waals surface area (Å²) in [6.07, 6.45) is 9.66. The fraction of sp³-hybridized carbons (Fsp3) is 0.688. The van der Waals surface area contributed by atoms with Gasteiger partial charge in [-0.25, -0.2) is 0 Å². The van der Waals surface area contributed by atoms with Crippen LogP contribution in [0.4, 0.5) is 0 Å². The maximum atomic E-state index is 12.4. The van der Waals surface area contributed by atoms with E-state index in [-0.39, 0.29) is 11.9 Å². The molecule has 1 atom stereocenters. The quantitative estimate of drug-likeness (QED) is 0.915. The highest BCUT2D eigenvalue weighted by Gasteiger charge is 2.36. The predicted molar refractivity (Wildman–Crippen MR) is 81.7 cm³/mol. The highest BCUT2D eigenvalue weighted by atomic mass is 16.2. The van der Waals surface area contributed by atoms with Crippen LogP contribution in [0.2, 0.25) is 0 Å². The molecule has 1 aromatic rings. The number of hydrogen-bond acceptors (Lipinski definition) is 4. The first-order valence-electron chi connectivity index (χ1n) is 8.07. The molecule has 6 nitrogen and oxygen atoms in total. The van der Waals surface area contributed by atoms with E-state index in [9.17, 15) is 10.1 Å². The zero-order valence-corrected chi connectivity index (χ0v) is 13.1. The van der Waals surface area contributed by atoms with Gasteiger partial charge in [-0.05, 0) is 45.1 Å². The molecule has 2 aliphatic rings. The van der Waals surface area contributed by atoms with Crippen molar-refractivity contribution in [3.8, 4) is 6.07 Å². The lowest BCUT2D eigenvalue weighted by Gasteiger charge is -2.26. The van der Waals surface area contributed by atoms with Crippen LogP contribution in [-0.4, -0.2) is 39.2 Å². The van der Waals surface area contributed by atoms with E-state index in [0.29, 0.717) is 6.54 Å². The number of nitrogens with one attached hydrogen (secondary N) is 1. The highest BCUT2D eigenvalue weighted by molar-refractivity contribution is 5.79. The number of nitriles is 1. The van der Waals surface area contributed by atoms with Gasteiger partial charge in [-0.1, -0.05) is 0 Å². The second-order valence-corrected chi connectivity index (χ2v) is 6.53. The summed E-state index contributed by atoms with van der Waals surface area (Å²) in [5.74, 6) is -0.0285. The Bertz CT molecular complexity index is 582. The summed E-state index contributed by atoms with van der Waals surface area (Å²) in [7, 11) is 1.91. The van der Waals surface area contributed by atoms with Crippen molar-refractivity contribution in [3.63, 3.8) is 0 Å². The molecule has 6 heteroatoms. The number of rotatable bonds is 4. The Labute approximate surface area is 131 Å². The van der Waals surface area contributed by atoms with Gasteiger partial charge in [0, 0.05) is 24.8 Å². The fourth-order valence-corrected chi connectivity index (χ4v) is 3.74. The number of nitrogens with zero attached hydrogens (tertiary/aromatic N) is 4. The van der Waals surface area contributed by atoms with E-state index in [1.807, 2.05) is 19.4 Å². The molecule has 1 aromatic heterocycles. The van der Waals surface area contributed by atoms with Crippen LogP contribution in [0.15, 0.2) is 12.4 Å². The Balaban J connectivity index is 1.62. The minimum atomic E-state index is -0.624. The first-order valence-corrected chi connectivity index (χ1v) is 8.07. The summed E-state index contributed by atoms with van der Waals surface area (Å²) >= 11 is 0. The summed E-state index contributed by atoms with van der Waals surface area (Å²) in [5.41, 5.74) is 0.546. The van der Waals surface area contributed by atoms with Gasteiger partial charge in [0.2, 0.25) is 5.91 Å². The summed E-state index contributed by atoms with van der Waals surface area (Å²) in [4.78, 5) is 14.6. The van der Waals surface area contributed by atoms with Crippen molar-refractivity contribution in [2.45, 2.75) is 50.1 Å². The number of carbonyl (C=O) groups excluding carboxylic acids is 1.